The van der Waals surface area contributed by atoms with Gasteiger partial charge in [0.1, 0.15) is 6.79 Å². The Morgan fingerprint density at radius 3 is 1.30 bits per heavy atom. The van der Waals surface area contributed by atoms with Crippen LogP contribution in [0.4, 0.5) is 0 Å². The Hall–Kier alpha value is -2.07. The molecule has 0 N–H and O–H groups in total. The van der Waals surface area contributed by atoms with Crippen LogP contribution in [0.2, 0.25) is 0 Å². The largest absolute Gasteiger partial charge is 0.256 e. The van der Waals surface area contributed by atoms with Crippen LogP contribution in [0.15, 0.2) is 85.2 Å². The number of pyridine rings is 2. The summed E-state index contributed by atoms with van der Waals surface area (Å²) < 4.78 is 0. The minimum absolute atomic E-state index is 0. The zero-order chi connectivity index (χ0) is 15.6. The van der Waals surface area contributed by atoms with Gasteiger partial charge >= 0.3 is 29.6 Å². The molecule has 0 amide bonds. The summed E-state index contributed by atoms with van der Waals surface area (Å²) in [6.07, 6.45) is 3.62. The van der Waals surface area contributed by atoms with Crippen LogP contribution in [0, 0.1) is 0 Å². The maximum Gasteiger partial charge on any atom is 0.0701 e. The summed E-state index contributed by atoms with van der Waals surface area (Å²) in [6, 6.07) is 24.2. The molecule has 0 spiro atoms. The van der Waals surface area contributed by atoms with E-state index in [9.17, 15) is 0 Å². The van der Waals surface area contributed by atoms with E-state index in [1.165, 1.54) is 10.8 Å². The standard InChI is InChI=1S/2C9H7N.CH2O.Na.H/c2*1-2-6-9-8(4-1)5-3-7-10-9;1-2;;/h2*1-7H;1H2;;. The van der Waals surface area contributed by atoms with Gasteiger partial charge in [0.05, 0.1) is 11.0 Å². The molecule has 0 atom stereocenters. The van der Waals surface area contributed by atoms with Gasteiger partial charge in [-0.25, -0.2) is 0 Å². The van der Waals surface area contributed by atoms with E-state index in [0.29, 0.717) is 0 Å². The average molecular weight is 312 g/mol. The molecular weight excluding hydrogens is 295 g/mol. The molecule has 0 aliphatic rings. The third-order valence-corrected chi connectivity index (χ3v) is 3.02. The number of carbonyl (C=O) groups is 1. The first-order valence-corrected chi connectivity index (χ1v) is 6.82. The van der Waals surface area contributed by atoms with Gasteiger partial charge in [0, 0.05) is 23.2 Å². The van der Waals surface area contributed by atoms with Gasteiger partial charge in [-0.05, 0) is 24.3 Å². The number of hydrogen-bond acceptors (Lipinski definition) is 3. The Bertz CT molecular complexity index is 650. The molecule has 0 saturated carbocycles. The number of hydrogen-bond donors (Lipinski definition) is 0. The number of benzene rings is 2. The van der Waals surface area contributed by atoms with Crippen LogP contribution < -0.4 is 0 Å². The number of para-hydroxylation sites is 2. The Kier molecular flexibility index (Phi) is 8.76. The normalized spacial score (nSPS) is 8.87. The van der Waals surface area contributed by atoms with Crippen molar-refractivity contribution in [3.63, 3.8) is 0 Å². The van der Waals surface area contributed by atoms with Gasteiger partial charge in [-0.1, -0.05) is 48.5 Å². The molecule has 4 rings (SSSR count). The Labute approximate surface area is 157 Å². The molecule has 0 bridgehead atoms. The molecule has 2 aromatic carbocycles. The molecule has 4 aromatic rings. The van der Waals surface area contributed by atoms with E-state index in [1.54, 1.807) is 0 Å². The molecule has 2 heterocycles. The van der Waals surface area contributed by atoms with Crippen LogP contribution in [0.1, 0.15) is 0 Å². The predicted molar refractivity (Wildman–Crippen MR) is 97.8 cm³/mol. The van der Waals surface area contributed by atoms with Crippen LogP contribution in [-0.4, -0.2) is 46.3 Å². The van der Waals surface area contributed by atoms with Crippen molar-refractivity contribution < 1.29 is 4.79 Å². The second-order valence-electron chi connectivity index (χ2n) is 4.39. The molecule has 0 unspecified atom stereocenters. The van der Waals surface area contributed by atoms with E-state index in [-0.39, 0.29) is 29.6 Å². The van der Waals surface area contributed by atoms with E-state index in [2.05, 4.69) is 34.2 Å². The van der Waals surface area contributed by atoms with E-state index < -0.39 is 0 Å². The summed E-state index contributed by atoms with van der Waals surface area (Å²) in [5, 5.41) is 2.40. The number of carbonyl (C=O) groups excluding carboxylic acids is 1. The molecule has 0 aliphatic carbocycles. The summed E-state index contributed by atoms with van der Waals surface area (Å²) in [6.45, 7) is 2.00. The Morgan fingerprint density at radius 1 is 0.565 bits per heavy atom. The first-order chi connectivity index (χ1) is 10.9. The first kappa shape index (κ1) is 19.0. The second kappa shape index (κ2) is 10.6. The van der Waals surface area contributed by atoms with Crippen molar-refractivity contribution in [1.82, 2.24) is 9.97 Å². The van der Waals surface area contributed by atoms with Gasteiger partial charge in [0.15, 0.2) is 0 Å². The first-order valence-electron chi connectivity index (χ1n) is 6.82. The maximum atomic E-state index is 8.00. The van der Waals surface area contributed by atoms with Gasteiger partial charge in [-0.2, -0.15) is 0 Å². The fourth-order valence-corrected chi connectivity index (χ4v) is 2.03. The molecule has 3 nitrogen and oxygen atoms in total. The van der Waals surface area contributed by atoms with Gasteiger partial charge in [-0.15, -0.1) is 0 Å². The van der Waals surface area contributed by atoms with Gasteiger partial charge in [0.25, 0.3) is 0 Å². The zero-order valence-corrected chi connectivity index (χ0v) is 12.1. The van der Waals surface area contributed by atoms with Crippen LogP contribution in [0.3, 0.4) is 0 Å². The summed E-state index contributed by atoms with van der Waals surface area (Å²) in [7, 11) is 0. The minimum Gasteiger partial charge on any atom is -0.256 e. The Morgan fingerprint density at radius 2 is 0.913 bits per heavy atom. The van der Waals surface area contributed by atoms with Gasteiger partial charge < -0.3 is 4.79 Å². The molecule has 0 aliphatic heterocycles. The van der Waals surface area contributed by atoms with Gasteiger partial charge in [0.2, 0.25) is 0 Å². The smallest absolute Gasteiger partial charge is 0.0701 e. The van der Waals surface area contributed by atoms with E-state index in [4.69, 9.17) is 4.79 Å². The predicted octanol–water partition coefficient (Wildman–Crippen LogP) is 3.64. The van der Waals surface area contributed by atoms with Crippen LogP contribution in [0.25, 0.3) is 21.8 Å². The molecule has 0 saturated heterocycles. The topological polar surface area (TPSA) is 42.9 Å². The molecular formula is C19H17N2NaO. The van der Waals surface area contributed by atoms with Crippen molar-refractivity contribution in [3.05, 3.63) is 85.2 Å². The summed E-state index contributed by atoms with van der Waals surface area (Å²) in [4.78, 5) is 16.4. The monoisotopic (exact) mass is 312 g/mol. The van der Waals surface area contributed by atoms with Gasteiger partial charge in [-0.3, -0.25) is 9.97 Å². The maximum absolute atomic E-state index is 8.00. The third kappa shape index (κ3) is 5.57. The summed E-state index contributed by atoms with van der Waals surface area (Å²) in [5.41, 5.74) is 2.12. The number of rotatable bonds is 0. The number of aromatic nitrogens is 2. The van der Waals surface area contributed by atoms with Crippen LogP contribution >= 0.6 is 0 Å². The minimum atomic E-state index is 0. The summed E-state index contributed by atoms with van der Waals surface area (Å²) in [5.74, 6) is 0. The number of nitrogens with zero attached hydrogens (tertiary/aromatic N) is 2. The molecule has 2 aromatic heterocycles. The van der Waals surface area contributed by atoms with E-state index in [0.717, 1.165) is 11.0 Å². The molecule has 0 radical (unpaired) electrons. The van der Waals surface area contributed by atoms with Crippen molar-refractivity contribution in [2.24, 2.45) is 0 Å². The van der Waals surface area contributed by atoms with Crippen LogP contribution in [0.5, 0.6) is 0 Å². The van der Waals surface area contributed by atoms with E-state index in [1.807, 2.05) is 67.7 Å². The molecule has 4 heteroatoms. The van der Waals surface area contributed by atoms with E-state index >= 15 is 0 Å². The fraction of sp³-hybridized carbons (Fsp3) is 0. The molecule has 23 heavy (non-hydrogen) atoms. The average Bonchev–Trinajstić information content (AvgIpc) is 2.64. The zero-order valence-electron chi connectivity index (χ0n) is 12.1. The third-order valence-electron chi connectivity index (χ3n) is 3.02. The molecule has 0 fully saturated rings. The SMILES string of the molecule is C=O.[NaH].c1ccc2ncccc2c1.c1ccc2ncccc2c1. The van der Waals surface area contributed by atoms with Crippen molar-refractivity contribution >= 4 is 58.2 Å². The quantitative estimate of drug-likeness (QED) is 0.466. The second-order valence-corrected chi connectivity index (χ2v) is 4.39. The van der Waals surface area contributed by atoms with Crippen molar-refractivity contribution in [2.75, 3.05) is 0 Å². The Balaban J connectivity index is 0.000000200. The number of fused-ring (bicyclic) bond motifs is 2. The van der Waals surface area contributed by atoms with Crippen LogP contribution in [-0.2, 0) is 4.79 Å². The fourth-order valence-electron chi connectivity index (χ4n) is 2.03. The summed E-state index contributed by atoms with van der Waals surface area (Å²) >= 11 is 0. The van der Waals surface area contributed by atoms with Crippen molar-refractivity contribution in [1.29, 1.82) is 0 Å². The molecule has 110 valence electrons. The van der Waals surface area contributed by atoms with Crippen molar-refractivity contribution in [3.8, 4) is 0 Å². The van der Waals surface area contributed by atoms with Crippen molar-refractivity contribution in [2.45, 2.75) is 0 Å².